The van der Waals surface area contributed by atoms with E-state index in [1.807, 2.05) is 4.90 Å². The maximum atomic E-state index is 16.6. The van der Waals surface area contributed by atoms with Crippen molar-refractivity contribution in [3.05, 3.63) is 34.9 Å². The largest absolute Gasteiger partial charge is 0.461 e. The van der Waals surface area contributed by atoms with Gasteiger partial charge in [-0.25, -0.2) is 13.8 Å². The molecule has 0 atom stereocenters. The van der Waals surface area contributed by atoms with Gasteiger partial charge in [0.2, 0.25) is 5.91 Å². The predicted octanol–water partition coefficient (Wildman–Crippen LogP) is 4.75. The number of amides is 1. The molecule has 2 aromatic carbocycles. The molecule has 3 aliphatic heterocycles. The Morgan fingerprint density at radius 1 is 1.10 bits per heavy atom. The Morgan fingerprint density at radius 3 is 2.71 bits per heavy atom. The molecule has 5 heterocycles. The van der Waals surface area contributed by atoms with E-state index in [2.05, 4.69) is 20.2 Å². The van der Waals surface area contributed by atoms with Gasteiger partial charge in [-0.05, 0) is 63.4 Å². The van der Waals surface area contributed by atoms with Gasteiger partial charge in [-0.3, -0.25) is 9.69 Å². The second-order valence-electron chi connectivity index (χ2n) is 10.9. The van der Waals surface area contributed by atoms with Gasteiger partial charge < -0.3 is 20.7 Å². The van der Waals surface area contributed by atoms with E-state index in [0.717, 1.165) is 50.1 Å². The van der Waals surface area contributed by atoms with Crippen molar-refractivity contribution in [2.75, 3.05) is 50.0 Å². The minimum atomic E-state index is -0.707. The van der Waals surface area contributed by atoms with Crippen LogP contribution in [-0.2, 0) is 4.79 Å². The molecule has 13 heteroatoms. The molecule has 214 valence electrons. The fourth-order valence-electron chi connectivity index (χ4n) is 6.55. The molecule has 1 amide bonds. The quantitative estimate of drug-likeness (QED) is 0.338. The van der Waals surface area contributed by atoms with Gasteiger partial charge in [0.25, 0.3) is 0 Å². The average Bonchev–Trinajstić information content (AvgIpc) is 3.60. The topological polar surface area (TPSA) is 110 Å². The van der Waals surface area contributed by atoms with Crippen molar-refractivity contribution in [1.82, 2.24) is 25.2 Å². The molecule has 3 saturated heterocycles. The molecule has 7 rings (SSSR count). The predicted molar refractivity (Wildman–Crippen MR) is 156 cm³/mol. The SMILES string of the molecule is Nc1nc2c(-c3c(Cl)cc4c(N5CCCNC(=O)C5)nc(OCC56CCCN5CCC6)nc4c3F)ccc(F)c2s1. The van der Waals surface area contributed by atoms with Crippen LogP contribution in [0.2, 0.25) is 5.02 Å². The maximum absolute atomic E-state index is 16.6. The first-order valence-corrected chi connectivity index (χ1v) is 15.0. The van der Waals surface area contributed by atoms with Gasteiger partial charge in [0.15, 0.2) is 10.9 Å². The number of hydrogen-bond acceptors (Lipinski definition) is 9. The van der Waals surface area contributed by atoms with Crippen LogP contribution >= 0.6 is 22.9 Å². The molecule has 0 bridgehead atoms. The highest BCUT2D eigenvalue weighted by atomic mass is 35.5. The third-order valence-electron chi connectivity index (χ3n) is 8.47. The lowest BCUT2D eigenvalue weighted by Crippen LogP contribution is -2.43. The average molecular weight is 600 g/mol. The number of carbonyl (C=O) groups excluding carboxylic acids is 1. The van der Waals surface area contributed by atoms with Gasteiger partial charge in [0, 0.05) is 29.6 Å². The molecule has 0 spiro atoms. The molecule has 0 unspecified atom stereocenters. The zero-order valence-corrected chi connectivity index (χ0v) is 23.8. The van der Waals surface area contributed by atoms with E-state index in [1.54, 1.807) is 6.07 Å². The van der Waals surface area contributed by atoms with E-state index in [0.29, 0.717) is 42.9 Å². The third kappa shape index (κ3) is 4.52. The second kappa shape index (κ2) is 10.2. The van der Waals surface area contributed by atoms with E-state index in [-0.39, 0.29) is 55.5 Å². The zero-order valence-electron chi connectivity index (χ0n) is 22.2. The van der Waals surface area contributed by atoms with Crippen molar-refractivity contribution >= 4 is 60.9 Å². The summed E-state index contributed by atoms with van der Waals surface area (Å²) in [7, 11) is 0. The molecular weight excluding hydrogens is 572 g/mol. The summed E-state index contributed by atoms with van der Waals surface area (Å²) < 4.78 is 37.6. The van der Waals surface area contributed by atoms with Crippen LogP contribution in [0, 0.1) is 11.6 Å². The van der Waals surface area contributed by atoms with Gasteiger partial charge in [0.1, 0.15) is 23.8 Å². The number of aromatic nitrogens is 3. The molecule has 0 saturated carbocycles. The summed E-state index contributed by atoms with van der Waals surface area (Å²) in [4.78, 5) is 30.2. The summed E-state index contributed by atoms with van der Waals surface area (Å²) in [6.07, 6.45) is 4.98. The first kappa shape index (κ1) is 26.5. The number of hydrogen-bond donors (Lipinski definition) is 2. The number of rotatable bonds is 5. The van der Waals surface area contributed by atoms with Crippen molar-refractivity contribution in [2.45, 2.75) is 37.6 Å². The summed E-state index contributed by atoms with van der Waals surface area (Å²) in [5, 5.41) is 3.46. The Balaban J connectivity index is 1.38. The molecule has 3 N–H and O–H groups in total. The van der Waals surface area contributed by atoms with E-state index in [4.69, 9.17) is 27.1 Å². The molecule has 3 fully saturated rings. The number of carbonyl (C=O) groups is 1. The van der Waals surface area contributed by atoms with Crippen molar-refractivity contribution in [1.29, 1.82) is 0 Å². The summed E-state index contributed by atoms with van der Waals surface area (Å²) in [5.74, 6) is -0.978. The first-order valence-electron chi connectivity index (χ1n) is 13.8. The van der Waals surface area contributed by atoms with Crippen LogP contribution in [0.3, 0.4) is 0 Å². The number of ether oxygens (including phenoxy) is 1. The highest BCUT2D eigenvalue weighted by Crippen LogP contribution is 2.43. The number of nitrogens with two attached hydrogens (primary N) is 1. The number of nitrogens with zero attached hydrogens (tertiary/aromatic N) is 5. The number of thiazole rings is 1. The van der Waals surface area contributed by atoms with E-state index in [9.17, 15) is 9.18 Å². The molecular formula is C28H28ClF2N7O2S. The van der Waals surface area contributed by atoms with Gasteiger partial charge in [-0.15, -0.1) is 0 Å². The molecule has 9 nitrogen and oxygen atoms in total. The Kier molecular flexibility index (Phi) is 6.59. The Morgan fingerprint density at radius 2 is 1.90 bits per heavy atom. The third-order valence-corrected chi connectivity index (χ3v) is 9.66. The molecule has 4 aromatic rings. The minimum Gasteiger partial charge on any atom is -0.461 e. The number of nitrogen functional groups attached to an aromatic ring is 1. The lowest BCUT2D eigenvalue weighted by Gasteiger charge is -2.31. The van der Waals surface area contributed by atoms with Crippen LogP contribution in [0.4, 0.5) is 19.7 Å². The van der Waals surface area contributed by atoms with Crippen LogP contribution in [0.25, 0.3) is 32.2 Å². The molecule has 0 radical (unpaired) electrons. The summed E-state index contributed by atoms with van der Waals surface area (Å²) in [6, 6.07) is 4.33. The van der Waals surface area contributed by atoms with Gasteiger partial charge in [-0.1, -0.05) is 22.9 Å². The normalized spacial score (nSPS) is 19.1. The van der Waals surface area contributed by atoms with Crippen molar-refractivity contribution in [3.63, 3.8) is 0 Å². The van der Waals surface area contributed by atoms with Crippen LogP contribution < -0.4 is 20.7 Å². The fraction of sp³-hybridized carbons (Fsp3) is 0.429. The molecule has 41 heavy (non-hydrogen) atoms. The number of fused-ring (bicyclic) bond motifs is 3. The van der Waals surface area contributed by atoms with Gasteiger partial charge in [0.05, 0.1) is 27.3 Å². The zero-order chi connectivity index (χ0) is 28.3. The maximum Gasteiger partial charge on any atom is 0.319 e. The standard InChI is InChI=1S/C28H28ClF2N7O2S/c29-17-12-16-22(21(31)20(17)15-4-5-18(30)24-23(15)34-26(32)41-24)35-27(36-25(16)37-9-3-8-33-19(39)13-37)40-14-28-6-1-10-38(28)11-2-7-28/h4-5,12H,1-3,6-11,13-14H2,(H2,32,34)(H,33,39). The van der Waals surface area contributed by atoms with Crippen LogP contribution in [0.5, 0.6) is 6.01 Å². The van der Waals surface area contributed by atoms with Crippen LogP contribution in [-0.4, -0.2) is 70.6 Å². The summed E-state index contributed by atoms with van der Waals surface area (Å²) >= 11 is 7.72. The Labute approximate surface area is 243 Å². The lowest BCUT2D eigenvalue weighted by molar-refractivity contribution is -0.119. The summed E-state index contributed by atoms with van der Waals surface area (Å²) in [6.45, 7) is 3.61. The molecule has 0 aliphatic carbocycles. The Bertz CT molecular complexity index is 1690. The minimum absolute atomic E-state index is 0.00179. The highest BCUT2D eigenvalue weighted by molar-refractivity contribution is 7.22. The summed E-state index contributed by atoms with van der Waals surface area (Å²) in [5.41, 5.74) is 6.39. The monoisotopic (exact) mass is 599 g/mol. The van der Waals surface area contributed by atoms with Crippen molar-refractivity contribution < 1.29 is 18.3 Å². The smallest absolute Gasteiger partial charge is 0.319 e. The van der Waals surface area contributed by atoms with Crippen LogP contribution in [0.1, 0.15) is 32.1 Å². The number of nitrogens with one attached hydrogen (secondary N) is 1. The number of benzene rings is 2. The lowest BCUT2D eigenvalue weighted by atomic mass is 9.95. The number of anilines is 2. The fourth-order valence-corrected chi connectivity index (χ4v) is 7.61. The van der Waals surface area contributed by atoms with E-state index < -0.39 is 11.6 Å². The molecule has 2 aromatic heterocycles. The van der Waals surface area contributed by atoms with Gasteiger partial charge >= 0.3 is 6.01 Å². The Hall–Kier alpha value is -3.35. The van der Waals surface area contributed by atoms with Gasteiger partial charge in [-0.2, -0.15) is 9.97 Å². The van der Waals surface area contributed by atoms with E-state index in [1.165, 1.54) is 12.1 Å². The second-order valence-corrected chi connectivity index (χ2v) is 12.4. The van der Waals surface area contributed by atoms with Crippen LogP contribution in [0.15, 0.2) is 18.2 Å². The first-order chi connectivity index (χ1) is 19.8. The van der Waals surface area contributed by atoms with Crippen molar-refractivity contribution in [3.8, 4) is 17.1 Å². The number of halogens is 3. The van der Waals surface area contributed by atoms with E-state index >= 15 is 4.39 Å². The van der Waals surface area contributed by atoms with Crippen molar-refractivity contribution in [2.24, 2.45) is 0 Å². The highest BCUT2D eigenvalue weighted by Gasteiger charge is 2.45. The molecule has 3 aliphatic rings.